The zero-order chi connectivity index (χ0) is 12.4. The average Bonchev–Trinajstić information content (AvgIpc) is 2.31. The van der Waals surface area contributed by atoms with E-state index in [2.05, 4.69) is 0 Å². The second-order valence-corrected chi connectivity index (χ2v) is 5.17. The molecule has 0 heterocycles. The van der Waals surface area contributed by atoms with E-state index in [1.165, 1.54) is 0 Å². The Bertz CT molecular complexity index is 500. The van der Waals surface area contributed by atoms with E-state index in [1.807, 2.05) is 24.3 Å². The monoisotopic (exact) mass is 304 g/mol. The predicted octanol–water partition coefficient (Wildman–Crippen LogP) is 5.89. The van der Waals surface area contributed by atoms with Gasteiger partial charge in [0.15, 0.2) is 0 Å². The Labute approximate surface area is 120 Å². The van der Waals surface area contributed by atoms with Crippen molar-refractivity contribution in [3.8, 4) is 0 Å². The quantitative estimate of drug-likeness (QED) is 0.649. The third-order valence-electron chi connectivity index (χ3n) is 2.44. The molecule has 0 fully saturated rings. The van der Waals surface area contributed by atoms with Gasteiger partial charge in [-0.25, -0.2) is 0 Å². The van der Waals surface area contributed by atoms with Gasteiger partial charge in [-0.3, -0.25) is 0 Å². The van der Waals surface area contributed by atoms with Crippen molar-refractivity contribution in [2.45, 2.75) is 6.42 Å². The molecule has 0 aliphatic heterocycles. The van der Waals surface area contributed by atoms with Crippen molar-refractivity contribution >= 4 is 46.4 Å². The van der Waals surface area contributed by atoms with Crippen molar-refractivity contribution in [3.05, 3.63) is 67.6 Å². The molecule has 0 amide bonds. The van der Waals surface area contributed by atoms with Crippen molar-refractivity contribution in [2.24, 2.45) is 0 Å². The molecule has 0 unspecified atom stereocenters. The van der Waals surface area contributed by atoms with E-state index < -0.39 is 0 Å². The number of benzene rings is 2. The van der Waals surface area contributed by atoms with E-state index in [4.69, 9.17) is 46.4 Å². The van der Waals surface area contributed by atoms with E-state index in [0.717, 1.165) is 11.1 Å². The molecule has 0 bridgehead atoms. The van der Waals surface area contributed by atoms with Crippen LogP contribution in [0.3, 0.4) is 0 Å². The summed E-state index contributed by atoms with van der Waals surface area (Å²) in [7, 11) is 0. The lowest BCUT2D eigenvalue weighted by atomic mass is 10.1. The van der Waals surface area contributed by atoms with Gasteiger partial charge in [0.25, 0.3) is 0 Å². The Hall–Kier alpha value is -0.400. The zero-order valence-electron chi connectivity index (χ0n) is 8.68. The summed E-state index contributed by atoms with van der Waals surface area (Å²) in [6.45, 7) is 0. The normalized spacial score (nSPS) is 10.6. The molecule has 4 heteroatoms. The fourth-order valence-electron chi connectivity index (χ4n) is 1.58. The second kappa shape index (κ2) is 5.49. The van der Waals surface area contributed by atoms with Crippen LogP contribution in [0.5, 0.6) is 0 Å². The highest BCUT2D eigenvalue weighted by Crippen LogP contribution is 2.31. The number of rotatable bonds is 2. The van der Waals surface area contributed by atoms with Gasteiger partial charge in [0.05, 0.1) is 20.1 Å². The fourth-order valence-corrected chi connectivity index (χ4v) is 2.35. The summed E-state index contributed by atoms with van der Waals surface area (Å²) in [5.41, 5.74) is 1.87. The lowest BCUT2D eigenvalue weighted by molar-refractivity contribution is 1.19. The topological polar surface area (TPSA) is 0 Å². The first kappa shape index (κ1) is 13.0. The first-order chi connectivity index (χ1) is 8.09. The minimum absolute atomic E-state index is 0.544. The van der Waals surface area contributed by atoms with Crippen LogP contribution < -0.4 is 0 Å². The summed E-state index contributed by atoms with van der Waals surface area (Å²) < 4.78 is 0. The first-order valence-electron chi connectivity index (χ1n) is 4.95. The largest absolute Gasteiger partial charge is 0.0827 e. The summed E-state index contributed by atoms with van der Waals surface area (Å²) in [6.07, 6.45) is 0.610. The van der Waals surface area contributed by atoms with Crippen molar-refractivity contribution in [2.75, 3.05) is 0 Å². The molecule has 2 aromatic carbocycles. The molecule has 2 rings (SSSR count). The number of hydrogen-bond acceptors (Lipinski definition) is 0. The van der Waals surface area contributed by atoms with E-state index in [-0.39, 0.29) is 0 Å². The minimum atomic E-state index is 0.544. The van der Waals surface area contributed by atoms with Gasteiger partial charge in [0.2, 0.25) is 0 Å². The van der Waals surface area contributed by atoms with Crippen LogP contribution in [0.15, 0.2) is 36.4 Å². The molecule has 0 nitrogen and oxygen atoms in total. The molecule has 17 heavy (non-hydrogen) atoms. The molecule has 88 valence electrons. The Kier molecular flexibility index (Phi) is 4.22. The highest BCUT2D eigenvalue weighted by molar-refractivity contribution is 6.43. The van der Waals surface area contributed by atoms with Gasteiger partial charge in [0.1, 0.15) is 0 Å². The maximum atomic E-state index is 6.13. The summed E-state index contributed by atoms with van der Waals surface area (Å²) in [6, 6.07) is 11.1. The van der Waals surface area contributed by atoms with Gasteiger partial charge in [0, 0.05) is 6.42 Å². The lowest BCUT2D eigenvalue weighted by Gasteiger charge is -2.08. The summed E-state index contributed by atoms with van der Waals surface area (Å²) in [4.78, 5) is 0. The van der Waals surface area contributed by atoms with E-state index in [0.29, 0.717) is 26.5 Å². The molecule has 2 aromatic rings. The fraction of sp³-hybridized carbons (Fsp3) is 0.0769. The molecule has 0 saturated carbocycles. The van der Waals surface area contributed by atoms with Crippen LogP contribution in [-0.2, 0) is 6.42 Å². The standard InChI is InChI=1S/C13H8Cl4/c14-10-5-1-3-8(12(10)16)7-9-4-2-6-11(15)13(9)17/h1-6H,7H2. The molecule has 0 aliphatic rings. The lowest BCUT2D eigenvalue weighted by Crippen LogP contribution is -1.91. The maximum Gasteiger partial charge on any atom is 0.0627 e. The smallest absolute Gasteiger partial charge is 0.0627 e. The Morgan fingerprint density at radius 1 is 0.647 bits per heavy atom. The Morgan fingerprint density at radius 2 is 1.06 bits per heavy atom. The van der Waals surface area contributed by atoms with Crippen molar-refractivity contribution < 1.29 is 0 Å². The molecule has 0 radical (unpaired) electrons. The highest BCUT2D eigenvalue weighted by Gasteiger charge is 2.09. The third-order valence-corrected chi connectivity index (χ3v) is 4.16. The van der Waals surface area contributed by atoms with E-state index in [9.17, 15) is 0 Å². The Morgan fingerprint density at radius 3 is 1.47 bits per heavy atom. The van der Waals surface area contributed by atoms with Crippen LogP contribution in [0.25, 0.3) is 0 Å². The number of hydrogen-bond donors (Lipinski definition) is 0. The molecule has 0 spiro atoms. The van der Waals surface area contributed by atoms with Crippen LogP contribution >= 0.6 is 46.4 Å². The first-order valence-corrected chi connectivity index (χ1v) is 6.46. The molecule has 0 N–H and O–H groups in total. The third kappa shape index (κ3) is 2.89. The van der Waals surface area contributed by atoms with Crippen LogP contribution in [0, 0.1) is 0 Å². The van der Waals surface area contributed by atoms with Crippen LogP contribution in [0.4, 0.5) is 0 Å². The summed E-state index contributed by atoms with van der Waals surface area (Å²) >= 11 is 24.2. The maximum absolute atomic E-state index is 6.13. The van der Waals surface area contributed by atoms with Gasteiger partial charge in [-0.15, -0.1) is 0 Å². The van der Waals surface area contributed by atoms with Crippen molar-refractivity contribution in [1.82, 2.24) is 0 Å². The highest BCUT2D eigenvalue weighted by atomic mass is 35.5. The van der Waals surface area contributed by atoms with E-state index >= 15 is 0 Å². The van der Waals surface area contributed by atoms with Gasteiger partial charge in [-0.1, -0.05) is 70.7 Å². The summed E-state index contributed by atoms with van der Waals surface area (Å²) in [5, 5.41) is 2.21. The summed E-state index contributed by atoms with van der Waals surface area (Å²) in [5.74, 6) is 0. The molecule has 0 aliphatic carbocycles. The van der Waals surface area contributed by atoms with Crippen molar-refractivity contribution in [1.29, 1.82) is 0 Å². The molecular formula is C13H8Cl4. The van der Waals surface area contributed by atoms with Gasteiger partial charge in [-0.2, -0.15) is 0 Å². The molecule has 0 saturated heterocycles. The van der Waals surface area contributed by atoms with Gasteiger partial charge in [-0.05, 0) is 23.3 Å². The van der Waals surface area contributed by atoms with Crippen LogP contribution in [-0.4, -0.2) is 0 Å². The predicted molar refractivity (Wildman–Crippen MR) is 75.7 cm³/mol. The second-order valence-electron chi connectivity index (χ2n) is 3.60. The average molecular weight is 306 g/mol. The number of halogens is 4. The molecule has 0 aromatic heterocycles. The SMILES string of the molecule is Clc1cccc(Cc2cccc(Cl)c2Cl)c1Cl. The molecule has 0 atom stereocenters. The van der Waals surface area contributed by atoms with E-state index in [1.54, 1.807) is 12.1 Å². The molecular weight excluding hydrogens is 298 g/mol. The minimum Gasteiger partial charge on any atom is -0.0827 e. The van der Waals surface area contributed by atoms with Crippen LogP contribution in [0.1, 0.15) is 11.1 Å². The van der Waals surface area contributed by atoms with Gasteiger partial charge < -0.3 is 0 Å². The zero-order valence-corrected chi connectivity index (χ0v) is 11.7. The van der Waals surface area contributed by atoms with Crippen LogP contribution in [0.2, 0.25) is 20.1 Å². The van der Waals surface area contributed by atoms with Crippen molar-refractivity contribution in [3.63, 3.8) is 0 Å². The Balaban J connectivity index is 2.38. The van der Waals surface area contributed by atoms with Gasteiger partial charge >= 0.3 is 0 Å².